The first kappa shape index (κ1) is 12.7. The summed E-state index contributed by atoms with van der Waals surface area (Å²) in [5.41, 5.74) is 0. The fourth-order valence-corrected chi connectivity index (χ4v) is 3.01. The van der Waals surface area contributed by atoms with E-state index in [4.69, 9.17) is 0 Å². The van der Waals surface area contributed by atoms with Gasteiger partial charge in [0.05, 0.1) is 0 Å². The van der Waals surface area contributed by atoms with Crippen LogP contribution in [-0.2, 0) is 9.59 Å². The minimum atomic E-state index is -0.166. The second kappa shape index (κ2) is 5.76. The minimum Gasteiger partial charge on any atom is -0.340 e. The summed E-state index contributed by atoms with van der Waals surface area (Å²) in [5.74, 6) is 1.28. The molecular weight excluding hydrogens is 236 g/mol. The summed E-state index contributed by atoms with van der Waals surface area (Å²) < 4.78 is 0. The highest BCUT2D eigenvalue weighted by molar-refractivity contribution is 7.98. The van der Waals surface area contributed by atoms with Crippen LogP contribution in [0.5, 0.6) is 0 Å². The zero-order valence-corrected chi connectivity index (χ0v) is 11.2. The molecule has 1 unspecified atom stereocenters. The number of hydrogen-bond acceptors (Lipinski definition) is 3. The summed E-state index contributed by atoms with van der Waals surface area (Å²) >= 11 is 1.74. The molecule has 0 aromatic carbocycles. The van der Waals surface area contributed by atoms with Crippen LogP contribution in [0.3, 0.4) is 0 Å². The van der Waals surface area contributed by atoms with E-state index < -0.39 is 0 Å². The molecule has 0 aromatic rings. The molecule has 0 aliphatic carbocycles. The number of carbonyl (C=O) groups excluding carboxylic acids is 2. The van der Waals surface area contributed by atoms with Crippen molar-refractivity contribution in [1.29, 1.82) is 0 Å². The van der Waals surface area contributed by atoms with E-state index in [1.54, 1.807) is 11.8 Å². The summed E-state index contributed by atoms with van der Waals surface area (Å²) in [5, 5.41) is 0. The quantitative estimate of drug-likeness (QED) is 0.755. The number of nitrogens with zero attached hydrogens (tertiary/aromatic N) is 2. The van der Waals surface area contributed by atoms with Crippen LogP contribution >= 0.6 is 11.8 Å². The number of rotatable bonds is 3. The lowest BCUT2D eigenvalue weighted by atomic mass is 10.0. The summed E-state index contributed by atoms with van der Waals surface area (Å²) in [7, 11) is 0. The Bertz CT molecular complexity index is 309. The van der Waals surface area contributed by atoms with Crippen molar-refractivity contribution < 1.29 is 9.59 Å². The highest BCUT2D eigenvalue weighted by Crippen LogP contribution is 2.22. The van der Waals surface area contributed by atoms with Crippen LogP contribution in [0, 0.1) is 0 Å². The Morgan fingerprint density at radius 2 is 2.12 bits per heavy atom. The van der Waals surface area contributed by atoms with Crippen molar-refractivity contribution in [3.05, 3.63) is 0 Å². The van der Waals surface area contributed by atoms with E-state index in [0.717, 1.165) is 38.1 Å². The number of thioether (sulfide) groups is 1. The Hall–Kier alpha value is -0.710. The standard InChI is InChI=1S/C12H20N2O2S/c1-17-9-8-13-7-5-11(15)14-6-3-2-4-10(14)12(13)16/h10H,2-9H2,1H3. The van der Waals surface area contributed by atoms with Gasteiger partial charge in [-0.2, -0.15) is 11.8 Å². The van der Waals surface area contributed by atoms with Gasteiger partial charge in [-0.25, -0.2) is 0 Å². The number of piperidine rings is 1. The summed E-state index contributed by atoms with van der Waals surface area (Å²) in [6.45, 7) is 2.15. The first-order valence-corrected chi connectivity index (χ1v) is 7.70. The molecule has 0 saturated carbocycles. The molecule has 2 rings (SSSR count). The Balaban J connectivity index is 2.08. The maximum atomic E-state index is 12.4. The summed E-state index contributed by atoms with van der Waals surface area (Å²) in [6.07, 6.45) is 5.49. The third-order valence-corrected chi connectivity index (χ3v) is 4.17. The Morgan fingerprint density at radius 1 is 1.29 bits per heavy atom. The topological polar surface area (TPSA) is 40.6 Å². The first-order valence-electron chi connectivity index (χ1n) is 6.31. The van der Waals surface area contributed by atoms with E-state index in [1.807, 2.05) is 16.1 Å². The van der Waals surface area contributed by atoms with E-state index in [2.05, 4.69) is 0 Å². The highest BCUT2D eigenvalue weighted by atomic mass is 32.2. The summed E-state index contributed by atoms with van der Waals surface area (Å²) in [6, 6.07) is -0.166. The van der Waals surface area contributed by atoms with E-state index in [-0.39, 0.29) is 17.9 Å². The van der Waals surface area contributed by atoms with Gasteiger partial charge in [-0.15, -0.1) is 0 Å². The number of amides is 2. The first-order chi connectivity index (χ1) is 8.24. The molecule has 96 valence electrons. The van der Waals surface area contributed by atoms with Crippen LogP contribution < -0.4 is 0 Å². The zero-order chi connectivity index (χ0) is 12.3. The summed E-state index contributed by atoms with van der Waals surface area (Å²) in [4.78, 5) is 28.0. The molecular formula is C12H20N2O2S. The zero-order valence-electron chi connectivity index (χ0n) is 10.4. The van der Waals surface area contributed by atoms with Crippen molar-refractivity contribution in [3.63, 3.8) is 0 Å². The van der Waals surface area contributed by atoms with Crippen LogP contribution in [0.4, 0.5) is 0 Å². The lowest BCUT2D eigenvalue weighted by Crippen LogP contribution is -2.50. The molecule has 17 heavy (non-hydrogen) atoms. The third kappa shape index (κ3) is 2.76. The predicted octanol–water partition coefficient (Wildman–Crippen LogP) is 0.963. The van der Waals surface area contributed by atoms with Gasteiger partial charge in [0.15, 0.2) is 0 Å². The molecule has 2 heterocycles. The van der Waals surface area contributed by atoms with E-state index in [9.17, 15) is 9.59 Å². The van der Waals surface area contributed by atoms with Crippen LogP contribution in [0.1, 0.15) is 25.7 Å². The van der Waals surface area contributed by atoms with Crippen molar-refractivity contribution in [2.45, 2.75) is 31.7 Å². The average Bonchev–Trinajstić information content (AvgIpc) is 2.48. The van der Waals surface area contributed by atoms with Crippen molar-refractivity contribution in [3.8, 4) is 0 Å². The fraction of sp³-hybridized carbons (Fsp3) is 0.833. The van der Waals surface area contributed by atoms with Gasteiger partial charge in [0.25, 0.3) is 0 Å². The highest BCUT2D eigenvalue weighted by Gasteiger charge is 2.37. The fourth-order valence-electron chi connectivity index (χ4n) is 2.61. The SMILES string of the molecule is CSCCN1CCC(=O)N2CCCCC2C1=O. The average molecular weight is 256 g/mol. The molecule has 0 N–H and O–H groups in total. The van der Waals surface area contributed by atoms with E-state index >= 15 is 0 Å². The third-order valence-electron chi connectivity index (χ3n) is 3.58. The molecule has 2 saturated heterocycles. The van der Waals surface area contributed by atoms with Gasteiger partial charge in [0.1, 0.15) is 6.04 Å². The largest absolute Gasteiger partial charge is 0.340 e. The van der Waals surface area contributed by atoms with Crippen LogP contribution in [0.25, 0.3) is 0 Å². The van der Waals surface area contributed by atoms with E-state index in [1.165, 1.54) is 0 Å². The van der Waals surface area contributed by atoms with Gasteiger partial charge in [-0.3, -0.25) is 9.59 Å². The van der Waals surface area contributed by atoms with Crippen LogP contribution in [0.2, 0.25) is 0 Å². The number of carbonyl (C=O) groups is 2. The van der Waals surface area contributed by atoms with Crippen molar-refractivity contribution in [1.82, 2.24) is 9.80 Å². The number of fused-ring (bicyclic) bond motifs is 1. The number of hydrogen-bond donors (Lipinski definition) is 0. The van der Waals surface area contributed by atoms with E-state index in [0.29, 0.717) is 13.0 Å². The lowest BCUT2D eigenvalue weighted by Gasteiger charge is -2.34. The Kier molecular flexibility index (Phi) is 4.31. The van der Waals surface area contributed by atoms with Crippen molar-refractivity contribution in [2.75, 3.05) is 31.6 Å². The van der Waals surface area contributed by atoms with Gasteiger partial charge < -0.3 is 9.80 Å². The second-order valence-electron chi connectivity index (χ2n) is 4.67. The van der Waals surface area contributed by atoms with Gasteiger partial charge >= 0.3 is 0 Å². The molecule has 0 aromatic heterocycles. The van der Waals surface area contributed by atoms with Gasteiger partial charge in [0.2, 0.25) is 11.8 Å². The molecule has 1 atom stereocenters. The maximum Gasteiger partial charge on any atom is 0.245 e. The molecule has 0 radical (unpaired) electrons. The molecule has 4 nitrogen and oxygen atoms in total. The normalized spacial score (nSPS) is 25.8. The van der Waals surface area contributed by atoms with Gasteiger partial charge in [-0.05, 0) is 25.5 Å². The molecule has 0 bridgehead atoms. The van der Waals surface area contributed by atoms with Gasteiger partial charge in [-0.1, -0.05) is 0 Å². The smallest absolute Gasteiger partial charge is 0.245 e. The lowest BCUT2D eigenvalue weighted by molar-refractivity contribution is -0.142. The van der Waals surface area contributed by atoms with Gasteiger partial charge in [0, 0.05) is 31.8 Å². The second-order valence-corrected chi connectivity index (χ2v) is 5.65. The molecule has 5 heteroatoms. The Labute approximate surface area is 107 Å². The molecule has 2 aliphatic rings. The maximum absolute atomic E-state index is 12.4. The molecule has 2 aliphatic heterocycles. The predicted molar refractivity (Wildman–Crippen MR) is 68.9 cm³/mol. The molecule has 2 amide bonds. The minimum absolute atomic E-state index is 0.162. The van der Waals surface area contributed by atoms with Crippen LogP contribution in [-0.4, -0.2) is 59.3 Å². The van der Waals surface area contributed by atoms with Crippen molar-refractivity contribution in [2.24, 2.45) is 0 Å². The van der Waals surface area contributed by atoms with Crippen molar-refractivity contribution >= 4 is 23.6 Å². The Morgan fingerprint density at radius 3 is 2.88 bits per heavy atom. The molecule has 0 spiro atoms. The monoisotopic (exact) mass is 256 g/mol. The molecule has 2 fully saturated rings. The van der Waals surface area contributed by atoms with Crippen LogP contribution in [0.15, 0.2) is 0 Å².